The number of hydrogen-bond acceptors (Lipinski definition) is 3. The SMILES string of the molecule is CCC(C)N(CC)S(=O)(=O)Cc1ccc(CN)cc1. The maximum absolute atomic E-state index is 12.4. The fourth-order valence-electron chi connectivity index (χ4n) is 2.05. The molecule has 0 bridgehead atoms. The third-order valence-corrected chi connectivity index (χ3v) is 5.39. The molecular weight excluding hydrogens is 260 g/mol. The number of rotatable bonds is 7. The Bertz CT molecular complexity index is 483. The first-order valence-corrected chi connectivity index (χ1v) is 8.32. The van der Waals surface area contributed by atoms with Gasteiger partial charge in [0.05, 0.1) is 5.75 Å². The molecule has 1 aromatic carbocycles. The molecule has 1 rings (SSSR count). The molecule has 2 N–H and O–H groups in total. The summed E-state index contributed by atoms with van der Waals surface area (Å²) in [6, 6.07) is 7.47. The number of benzene rings is 1. The van der Waals surface area contributed by atoms with E-state index in [9.17, 15) is 8.42 Å². The van der Waals surface area contributed by atoms with Crippen molar-refractivity contribution >= 4 is 10.0 Å². The quantitative estimate of drug-likeness (QED) is 0.834. The second kappa shape index (κ2) is 7.03. The molecule has 0 aliphatic heterocycles. The standard InChI is InChI=1S/C14H24N2O2S/c1-4-12(3)16(5-2)19(17,18)11-14-8-6-13(10-15)7-9-14/h6-9,12H,4-5,10-11,15H2,1-3H3. The molecule has 0 amide bonds. The Morgan fingerprint density at radius 3 is 2.11 bits per heavy atom. The highest BCUT2D eigenvalue weighted by Crippen LogP contribution is 2.16. The van der Waals surface area contributed by atoms with Crippen molar-refractivity contribution in [3.8, 4) is 0 Å². The summed E-state index contributed by atoms with van der Waals surface area (Å²) in [4.78, 5) is 0. The highest BCUT2D eigenvalue weighted by molar-refractivity contribution is 7.88. The topological polar surface area (TPSA) is 63.4 Å². The summed E-state index contributed by atoms with van der Waals surface area (Å²) in [5, 5.41) is 0. The monoisotopic (exact) mass is 284 g/mol. The molecule has 0 spiro atoms. The van der Waals surface area contributed by atoms with Gasteiger partial charge >= 0.3 is 0 Å². The van der Waals surface area contributed by atoms with Crippen LogP contribution in [0.25, 0.3) is 0 Å². The fourth-order valence-corrected chi connectivity index (χ4v) is 3.92. The molecule has 1 atom stereocenters. The summed E-state index contributed by atoms with van der Waals surface area (Å²) in [5.41, 5.74) is 7.34. The molecule has 0 saturated heterocycles. The Morgan fingerprint density at radius 2 is 1.68 bits per heavy atom. The predicted octanol–water partition coefficient (Wildman–Crippen LogP) is 2.10. The van der Waals surface area contributed by atoms with Crippen molar-refractivity contribution in [1.29, 1.82) is 0 Å². The first-order chi connectivity index (χ1) is 8.94. The van der Waals surface area contributed by atoms with Crippen LogP contribution in [0.15, 0.2) is 24.3 Å². The zero-order valence-electron chi connectivity index (χ0n) is 12.0. The van der Waals surface area contributed by atoms with Crippen LogP contribution in [0.5, 0.6) is 0 Å². The van der Waals surface area contributed by atoms with Crippen LogP contribution in [-0.2, 0) is 22.3 Å². The lowest BCUT2D eigenvalue weighted by Crippen LogP contribution is -2.38. The van der Waals surface area contributed by atoms with Crippen molar-refractivity contribution in [2.75, 3.05) is 6.54 Å². The molecule has 108 valence electrons. The summed E-state index contributed by atoms with van der Waals surface area (Å²) in [7, 11) is -3.25. The van der Waals surface area contributed by atoms with Crippen LogP contribution in [0.3, 0.4) is 0 Å². The largest absolute Gasteiger partial charge is 0.326 e. The molecule has 0 radical (unpaired) electrons. The lowest BCUT2D eigenvalue weighted by molar-refractivity contribution is 0.342. The zero-order valence-corrected chi connectivity index (χ0v) is 12.8. The van der Waals surface area contributed by atoms with Crippen molar-refractivity contribution in [2.24, 2.45) is 5.73 Å². The Morgan fingerprint density at radius 1 is 1.16 bits per heavy atom. The van der Waals surface area contributed by atoms with Crippen molar-refractivity contribution in [3.05, 3.63) is 35.4 Å². The lowest BCUT2D eigenvalue weighted by atomic mass is 10.1. The van der Waals surface area contributed by atoms with E-state index in [2.05, 4.69) is 0 Å². The highest BCUT2D eigenvalue weighted by Gasteiger charge is 2.24. The van der Waals surface area contributed by atoms with Crippen LogP contribution in [0.4, 0.5) is 0 Å². The summed E-state index contributed by atoms with van der Waals surface area (Å²) >= 11 is 0. The average molecular weight is 284 g/mol. The van der Waals surface area contributed by atoms with Gasteiger partial charge in [0.1, 0.15) is 0 Å². The molecular formula is C14H24N2O2S. The minimum Gasteiger partial charge on any atom is -0.326 e. The molecule has 1 unspecified atom stereocenters. The smallest absolute Gasteiger partial charge is 0.218 e. The van der Waals surface area contributed by atoms with Gasteiger partial charge in [0.15, 0.2) is 0 Å². The Hall–Kier alpha value is -0.910. The van der Waals surface area contributed by atoms with Gasteiger partial charge in [-0.25, -0.2) is 8.42 Å². The van der Waals surface area contributed by atoms with E-state index in [1.807, 2.05) is 45.0 Å². The first kappa shape index (κ1) is 16.1. The molecule has 0 saturated carbocycles. The Labute approximate surface area is 116 Å². The average Bonchev–Trinajstić information content (AvgIpc) is 2.39. The van der Waals surface area contributed by atoms with Crippen LogP contribution in [0.1, 0.15) is 38.3 Å². The van der Waals surface area contributed by atoms with Crippen molar-refractivity contribution in [3.63, 3.8) is 0 Å². The van der Waals surface area contributed by atoms with Gasteiger partial charge in [-0.2, -0.15) is 4.31 Å². The highest BCUT2D eigenvalue weighted by atomic mass is 32.2. The van der Waals surface area contributed by atoms with Crippen LogP contribution < -0.4 is 5.73 Å². The normalized spacial score (nSPS) is 13.7. The van der Waals surface area contributed by atoms with E-state index in [0.29, 0.717) is 13.1 Å². The minimum absolute atomic E-state index is 0.0401. The van der Waals surface area contributed by atoms with Crippen molar-refractivity contribution in [1.82, 2.24) is 4.31 Å². The van der Waals surface area contributed by atoms with Gasteiger partial charge in [0.2, 0.25) is 10.0 Å². The van der Waals surface area contributed by atoms with E-state index in [4.69, 9.17) is 5.73 Å². The molecule has 1 aromatic rings. The van der Waals surface area contributed by atoms with Crippen molar-refractivity contribution < 1.29 is 8.42 Å². The van der Waals surface area contributed by atoms with Crippen LogP contribution in [0, 0.1) is 0 Å². The maximum Gasteiger partial charge on any atom is 0.218 e. The van der Waals surface area contributed by atoms with Crippen LogP contribution in [0.2, 0.25) is 0 Å². The number of nitrogens with two attached hydrogens (primary N) is 1. The Balaban J connectivity index is 2.88. The Kier molecular flexibility index (Phi) is 5.97. The summed E-state index contributed by atoms with van der Waals surface area (Å²) in [5.74, 6) is 0.0516. The molecule has 4 nitrogen and oxygen atoms in total. The number of nitrogens with zero attached hydrogens (tertiary/aromatic N) is 1. The number of hydrogen-bond donors (Lipinski definition) is 1. The van der Waals surface area contributed by atoms with E-state index < -0.39 is 10.0 Å². The minimum atomic E-state index is -3.25. The summed E-state index contributed by atoms with van der Waals surface area (Å²) in [6.45, 7) is 6.80. The van der Waals surface area contributed by atoms with E-state index in [0.717, 1.165) is 17.5 Å². The first-order valence-electron chi connectivity index (χ1n) is 6.72. The van der Waals surface area contributed by atoms with E-state index in [-0.39, 0.29) is 11.8 Å². The third kappa shape index (κ3) is 4.30. The van der Waals surface area contributed by atoms with Gasteiger partial charge < -0.3 is 5.73 Å². The van der Waals surface area contributed by atoms with Crippen molar-refractivity contribution in [2.45, 2.75) is 45.5 Å². The lowest BCUT2D eigenvalue weighted by Gasteiger charge is -2.26. The second-order valence-corrected chi connectivity index (χ2v) is 6.66. The van der Waals surface area contributed by atoms with Gasteiger partial charge in [-0.15, -0.1) is 0 Å². The predicted molar refractivity (Wildman–Crippen MR) is 79.1 cm³/mol. The van der Waals surface area contributed by atoms with Gasteiger partial charge in [-0.05, 0) is 24.5 Å². The van der Waals surface area contributed by atoms with Gasteiger partial charge in [0.25, 0.3) is 0 Å². The number of sulfonamides is 1. The van der Waals surface area contributed by atoms with Gasteiger partial charge in [-0.1, -0.05) is 38.1 Å². The van der Waals surface area contributed by atoms with Gasteiger partial charge in [-0.3, -0.25) is 0 Å². The zero-order chi connectivity index (χ0) is 14.5. The fraction of sp³-hybridized carbons (Fsp3) is 0.571. The summed E-state index contributed by atoms with van der Waals surface area (Å²) in [6.07, 6.45) is 0.819. The molecule has 19 heavy (non-hydrogen) atoms. The molecule has 0 aliphatic rings. The van der Waals surface area contributed by atoms with E-state index in [1.165, 1.54) is 0 Å². The van der Waals surface area contributed by atoms with Crippen LogP contribution >= 0.6 is 0 Å². The van der Waals surface area contributed by atoms with Gasteiger partial charge in [0, 0.05) is 19.1 Å². The summed E-state index contributed by atoms with van der Waals surface area (Å²) < 4.78 is 26.3. The third-order valence-electron chi connectivity index (χ3n) is 3.36. The molecule has 5 heteroatoms. The second-order valence-electron chi connectivity index (χ2n) is 4.74. The maximum atomic E-state index is 12.4. The van der Waals surface area contributed by atoms with Crippen LogP contribution in [-0.4, -0.2) is 25.3 Å². The van der Waals surface area contributed by atoms with E-state index in [1.54, 1.807) is 4.31 Å². The van der Waals surface area contributed by atoms with E-state index >= 15 is 0 Å². The molecule has 0 aromatic heterocycles. The molecule has 0 heterocycles. The molecule has 0 fully saturated rings. The molecule has 0 aliphatic carbocycles.